The third-order valence-electron chi connectivity index (χ3n) is 7.02. The fraction of sp³-hybridized carbons (Fsp3) is 0.923. The lowest BCUT2D eigenvalue weighted by Crippen LogP contribution is -2.48. The molecule has 0 bridgehead atoms. The number of carbonyl (C=O) groups is 2. The predicted octanol–water partition coefficient (Wildman–Crippen LogP) is 6.10. The highest BCUT2D eigenvalue weighted by Crippen LogP contribution is 2.33. The summed E-state index contributed by atoms with van der Waals surface area (Å²) < 4.78 is 0. The second-order valence-corrected chi connectivity index (χ2v) is 9.33. The number of hydrogen-bond donors (Lipinski definition) is 3. The van der Waals surface area contributed by atoms with E-state index >= 15 is 0 Å². The molecule has 0 fully saturated rings. The van der Waals surface area contributed by atoms with E-state index in [0.29, 0.717) is 18.9 Å². The minimum Gasteiger partial charge on any atom is -0.481 e. The topological polar surface area (TPSA) is 98.1 Å². The molecule has 6 heteroatoms. The van der Waals surface area contributed by atoms with Crippen LogP contribution in [0.4, 0.5) is 0 Å². The maximum Gasteiger partial charge on any atom is 0.336 e. The molecule has 0 spiro atoms. The van der Waals surface area contributed by atoms with Gasteiger partial charge in [-0.1, -0.05) is 91.9 Å². The lowest BCUT2D eigenvalue weighted by molar-refractivity contribution is -0.173. The van der Waals surface area contributed by atoms with Crippen molar-refractivity contribution in [3.63, 3.8) is 0 Å². The van der Waals surface area contributed by atoms with Gasteiger partial charge in [-0.15, -0.1) is 0 Å². The van der Waals surface area contributed by atoms with Crippen LogP contribution < -0.4 is 0 Å². The predicted molar refractivity (Wildman–Crippen MR) is 131 cm³/mol. The number of aliphatic hydroxyl groups is 1. The third-order valence-corrected chi connectivity index (χ3v) is 7.02. The largest absolute Gasteiger partial charge is 0.481 e. The van der Waals surface area contributed by atoms with E-state index < -0.39 is 29.9 Å². The van der Waals surface area contributed by atoms with Crippen LogP contribution in [0.15, 0.2) is 0 Å². The zero-order chi connectivity index (χ0) is 24.4. The van der Waals surface area contributed by atoms with Crippen molar-refractivity contribution >= 4 is 11.9 Å². The number of nitrogens with zero attached hydrogens (tertiary/aromatic N) is 1. The van der Waals surface area contributed by atoms with E-state index in [1.165, 1.54) is 44.9 Å². The lowest BCUT2D eigenvalue weighted by Gasteiger charge is -2.35. The first kappa shape index (κ1) is 30.9. The fourth-order valence-electron chi connectivity index (χ4n) is 4.90. The Hall–Kier alpha value is -1.14. The quantitative estimate of drug-likeness (QED) is 0.170. The summed E-state index contributed by atoms with van der Waals surface area (Å²) in [6.45, 7) is 10.4. The molecular formula is C26H51NO5. The lowest BCUT2D eigenvalue weighted by atomic mass is 9.77. The smallest absolute Gasteiger partial charge is 0.336 e. The summed E-state index contributed by atoms with van der Waals surface area (Å²) in [5.74, 6) is -3.22. The van der Waals surface area contributed by atoms with Crippen molar-refractivity contribution < 1.29 is 24.9 Å². The van der Waals surface area contributed by atoms with Gasteiger partial charge in [0.15, 0.2) is 5.60 Å². The van der Waals surface area contributed by atoms with E-state index in [9.17, 15) is 24.9 Å². The molecule has 0 aliphatic heterocycles. The van der Waals surface area contributed by atoms with Crippen LogP contribution in [0.25, 0.3) is 0 Å². The van der Waals surface area contributed by atoms with Crippen molar-refractivity contribution in [1.82, 2.24) is 4.90 Å². The van der Waals surface area contributed by atoms with Crippen LogP contribution in [0.3, 0.4) is 0 Å². The Balaban J connectivity index is 4.83. The molecule has 3 N–H and O–H groups in total. The van der Waals surface area contributed by atoms with E-state index in [4.69, 9.17) is 0 Å². The van der Waals surface area contributed by atoms with Gasteiger partial charge in [-0.25, -0.2) is 4.79 Å². The van der Waals surface area contributed by atoms with Crippen molar-refractivity contribution in [3.05, 3.63) is 0 Å². The van der Waals surface area contributed by atoms with Gasteiger partial charge in [-0.05, 0) is 44.7 Å². The summed E-state index contributed by atoms with van der Waals surface area (Å²) in [5, 5.41) is 29.9. The van der Waals surface area contributed by atoms with Gasteiger partial charge in [-0.2, -0.15) is 0 Å². The van der Waals surface area contributed by atoms with Crippen molar-refractivity contribution in [2.75, 3.05) is 13.1 Å². The van der Waals surface area contributed by atoms with Crippen molar-refractivity contribution in [1.29, 1.82) is 0 Å². The average molecular weight is 458 g/mol. The van der Waals surface area contributed by atoms with Gasteiger partial charge in [0, 0.05) is 6.04 Å². The minimum absolute atomic E-state index is 0.322. The average Bonchev–Trinajstić information content (AvgIpc) is 2.75. The van der Waals surface area contributed by atoms with E-state index in [1.54, 1.807) is 0 Å². The van der Waals surface area contributed by atoms with Crippen LogP contribution in [-0.2, 0) is 9.59 Å². The zero-order valence-electron chi connectivity index (χ0n) is 21.3. The molecule has 3 atom stereocenters. The Morgan fingerprint density at radius 1 is 0.750 bits per heavy atom. The van der Waals surface area contributed by atoms with Crippen LogP contribution in [0.5, 0.6) is 0 Å². The van der Waals surface area contributed by atoms with Crippen LogP contribution in [0.1, 0.15) is 124 Å². The van der Waals surface area contributed by atoms with Crippen molar-refractivity contribution in [3.8, 4) is 0 Å². The molecule has 190 valence electrons. The van der Waals surface area contributed by atoms with Crippen LogP contribution in [0, 0.1) is 5.92 Å². The molecule has 0 radical (unpaired) electrons. The first-order valence-electron chi connectivity index (χ1n) is 13.2. The highest BCUT2D eigenvalue weighted by Gasteiger charge is 2.45. The third kappa shape index (κ3) is 12.2. The SMILES string of the molecule is CCCCCCCCCCCCC(CCC(CC)N(CC)CC)C(O)(CC(=O)O)C(=O)O. The molecule has 0 aromatic rings. The Kier molecular flexibility index (Phi) is 17.7. The molecule has 0 saturated heterocycles. The molecule has 32 heavy (non-hydrogen) atoms. The van der Waals surface area contributed by atoms with Gasteiger partial charge in [0.25, 0.3) is 0 Å². The van der Waals surface area contributed by atoms with E-state index in [1.807, 2.05) is 0 Å². The molecule has 0 aromatic heterocycles. The zero-order valence-corrected chi connectivity index (χ0v) is 21.3. The molecule has 0 aliphatic carbocycles. The highest BCUT2D eigenvalue weighted by molar-refractivity contribution is 5.84. The summed E-state index contributed by atoms with van der Waals surface area (Å²) >= 11 is 0. The van der Waals surface area contributed by atoms with Crippen LogP contribution >= 0.6 is 0 Å². The number of rotatable bonds is 22. The maximum absolute atomic E-state index is 11.9. The Labute approximate surface area is 196 Å². The summed E-state index contributed by atoms with van der Waals surface area (Å²) in [5.41, 5.74) is -2.20. The minimum atomic E-state index is -2.20. The van der Waals surface area contributed by atoms with Gasteiger partial charge in [-0.3, -0.25) is 4.79 Å². The number of carboxylic acids is 2. The second-order valence-electron chi connectivity index (χ2n) is 9.33. The molecule has 3 unspecified atom stereocenters. The van der Waals surface area contributed by atoms with E-state index in [0.717, 1.165) is 45.2 Å². The van der Waals surface area contributed by atoms with Gasteiger partial charge in [0.2, 0.25) is 0 Å². The molecule has 0 aliphatic rings. The molecular weight excluding hydrogens is 406 g/mol. The summed E-state index contributed by atoms with van der Waals surface area (Å²) in [6, 6.07) is 0.322. The second kappa shape index (κ2) is 18.3. The van der Waals surface area contributed by atoms with E-state index in [2.05, 4.69) is 32.6 Å². The van der Waals surface area contributed by atoms with Crippen LogP contribution in [-0.4, -0.2) is 56.9 Å². The molecule has 0 rings (SSSR count). The first-order chi connectivity index (χ1) is 15.3. The van der Waals surface area contributed by atoms with Gasteiger partial charge < -0.3 is 20.2 Å². The highest BCUT2D eigenvalue weighted by atomic mass is 16.4. The summed E-state index contributed by atoms with van der Waals surface area (Å²) in [6.07, 6.45) is 13.9. The molecule has 0 heterocycles. The molecule has 0 amide bonds. The monoisotopic (exact) mass is 457 g/mol. The molecule has 6 nitrogen and oxygen atoms in total. The Bertz CT molecular complexity index is 495. The Morgan fingerprint density at radius 2 is 1.25 bits per heavy atom. The molecule has 0 saturated carbocycles. The van der Waals surface area contributed by atoms with Gasteiger partial charge in [0.1, 0.15) is 0 Å². The van der Waals surface area contributed by atoms with E-state index in [-0.39, 0.29) is 0 Å². The van der Waals surface area contributed by atoms with Crippen LogP contribution in [0.2, 0.25) is 0 Å². The Morgan fingerprint density at radius 3 is 1.66 bits per heavy atom. The fourth-order valence-corrected chi connectivity index (χ4v) is 4.90. The van der Waals surface area contributed by atoms with Crippen molar-refractivity contribution in [2.24, 2.45) is 5.92 Å². The van der Waals surface area contributed by atoms with Gasteiger partial charge in [0.05, 0.1) is 6.42 Å². The standard InChI is InChI=1S/C26H51NO5/c1-5-9-10-11-12-13-14-15-16-17-18-22(26(32,25(30)31)21-24(28)29)19-20-23(6-2)27(7-3)8-4/h22-23,32H,5-21H2,1-4H3,(H,28,29)(H,30,31). The number of aliphatic carboxylic acids is 2. The number of unbranched alkanes of at least 4 members (excludes halogenated alkanes) is 9. The normalized spacial score (nSPS) is 15.4. The first-order valence-corrected chi connectivity index (χ1v) is 13.2. The van der Waals surface area contributed by atoms with Crippen molar-refractivity contribution in [2.45, 2.75) is 136 Å². The maximum atomic E-state index is 11.9. The summed E-state index contributed by atoms with van der Waals surface area (Å²) in [4.78, 5) is 25.6. The molecule has 0 aromatic carbocycles. The summed E-state index contributed by atoms with van der Waals surface area (Å²) in [7, 11) is 0. The number of hydrogen-bond acceptors (Lipinski definition) is 4. The number of carboxylic acid groups (broad SMARTS) is 2. The van der Waals surface area contributed by atoms with Gasteiger partial charge >= 0.3 is 11.9 Å².